The maximum Gasteiger partial charge on any atom is 0.136 e. The number of rotatable bonds is 5. The zero-order valence-corrected chi connectivity index (χ0v) is 14.0. The monoisotopic (exact) mass is 342 g/mol. The Morgan fingerprint density at radius 3 is 2.30 bits per heavy atom. The van der Waals surface area contributed by atoms with Crippen molar-refractivity contribution in [1.29, 1.82) is 0 Å². The summed E-state index contributed by atoms with van der Waals surface area (Å²) in [6.07, 6.45) is 8.26. The summed E-state index contributed by atoms with van der Waals surface area (Å²) in [6.45, 7) is 0.969. The van der Waals surface area contributed by atoms with E-state index in [1.165, 1.54) is 44.1 Å². The maximum absolute atomic E-state index is 5.49. The first-order valence-corrected chi connectivity index (χ1v) is 8.27. The third-order valence-corrected chi connectivity index (χ3v) is 4.75. The van der Waals surface area contributed by atoms with E-state index in [-0.39, 0.29) is 0 Å². The molecule has 0 bridgehead atoms. The van der Waals surface area contributed by atoms with Crippen molar-refractivity contribution in [1.82, 2.24) is 0 Å². The number of methoxy groups -OCH3 is 2. The predicted molar refractivity (Wildman–Crippen MR) is 84.4 cm³/mol. The molecule has 0 heterocycles. The molecule has 0 spiro atoms. The highest BCUT2D eigenvalue weighted by Gasteiger charge is 2.17. The number of halogens is 1. The second kappa shape index (κ2) is 7.89. The molecule has 4 heteroatoms. The van der Waals surface area contributed by atoms with E-state index in [0.29, 0.717) is 0 Å². The van der Waals surface area contributed by atoms with Gasteiger partial charge in [-0.15, -0.1) is 0 Å². The minimum absolute atomic E-state index is 0.767. The molecule has 0 radical (unpaired) electrons. The molecule has 1 saturated carbocycles. The Morgan fingerprint density at radius 2 is 1.70 bits per heavy atom. The minimum Gasteiger partial charge on any atom is -0.496 e. The van der Waals surface area contributed by atoms with Crippen LogP contribution in [0.15, 0.2) is 16.6 Å². The predicted octanol–water partition coefficient (Wildman–Crippen LogP) is 3.25. The Morgan fingerprint density at radius 1 is 1.05 bits per heavy atom. The van der Waals surface area contributed by atoms with Crippen molar-refractivity contribution in [3.05, 3.63) is 22.2 Å². The van der Waals surface area contributed by atoms with Crippen LogP contribution < -0.4 is 14.8 Å². The van der Waals surface area contributed by atoms with Crippen molar-refractivity contribution >= 4 is 15.9 Å². The summed E-state index contributed by atoms with van der Waals surface area (Å²) >= 11 is 3.55. The summed E-state index contributed by atoms with van der Waals surface area (Å²) in [4.78, 5) is 0. The molecule has 1 aromatic carbocycles. The van der Waals surface area contributed by atoms with Gasteiger partial charge in [-0.2, -0.15) is 0 Å². The molecule has 0 amide bonds. The lowest BCUT2D eigenvalue weighted by atomic mass is 10.1. The number of hydrogen-bond donors (Lipinski definition) is 1. The SMILES string of the molecule is COc1cc(OC)c(C[NH2+]C2CCCCCC2)cc1Br. The molecule has 0 unspecified atom stereocenters. The van der Waals surface area contributed by atoms with E-state index < -0.39 is 0 Å². The van der Waals surface area contributed by atoms with Gasteiger partial charge in [-0.25, -0.2) is 0 Å². The molecule has 112 valence electrons. The molecule has 0 saturated heterocycles. The van der Waals surface area contributed by atoms with Crippen LogP contribution in [0, 0.1) is 0 Å². The van der Waals surface area contributed by atoms with Gasteiger partial charge >= 0.3 is 0 Å². The zero-order valence-electron chi connectivity index (χ0n) is 12.5. The molecule has 1 aliphatic carbocycles. The lowest BCUT2D eigenvalue weighted by Gasteiger charge is -2.15. The largest absolute Gasteiger partial charge is 0.496 e. The third kappa shape index (κ3) is 4.13. The normalized spacial score (nSPS) is 16.8. The summed E-state index contributed by atoms with van der Waals surface area (Å²) in [5.41, 5.74) is 1.23. The Labute approximate surface area is 130 Å². The fourth-order valence-corrected chi connectivity index (χ4v) is 3.47. The molecular formula is C16H25BrNO2+. The smallest absolute Gasteiger partial charge is 0.136 e. The molecule has 0 atom stereocenters. The Balaban J connectivity index is 2.02. The second-order valence-electron chi connectivity index (χ2n) is 5.49. The summed E-state index contributed by atoms with van der Waals surface area (Å²) in [7, 11) is 3.40. The van der Waals surface area contributed by atoms with Crippen LogP contribution in [0.2, 0.25) is 0 Å². The van der Waals surface area contributed by atoms with Crippen molar-refractivity contribution in [3.8, 4) is 11.5 Å². The van der Waals surface area contributed by atoms with Gasteiger partial charge in [-0.05, 0) is 47.7 Å². The highest BCUT2D eigenvalue weighted by Crippen LogP contribution is 2.32. The molecule has 2 rings (SSSR count). The quantitative estimate of drug-likeness (QED) is 0.833. The summed E-state index contributed by atoms with van der Waals surface area (Å²) in [6, 6.07) is 4.84. The Kier molecular flexibility index (Phi) is 6.17. The van der Waals surface area contributed by atoms with Crippen LogP contribution in [-0.4, -0.2) is 20.3 Å². The van der Waals surface area contributed by atoms with Gasteiger partial charge in [0.25, 0.3) is 0 Å². The average Bonchev–Trinajstić information content (AvgIpc) is 2.73. The molecule has 20 heavy (non-hydrogen) atoms. The third-order valence-electron chi connectivity index (χ3n) is 4.13. The van der Waals surface area contributed by atoms with Gasteiger partial charge in [0.15, 0.2) is 0 Å². The summed E-state index contributed by atoms with van der Waals surface area (Å²) < 4.78 is 11.8. The van der Waals surface area contributed by atoms with Crippen molar-refractivity contribution < 1.29 is 14.8 Å². The van der Waals surface area contributed by atoms with Crippen molar-refractivity contribution in [2.75, 3.05) is 14.2 Å². The van der Waals surface area contributed by atoms with Crippen LogP contribution in [0.1, 0.15) is 44.1 Å². The molecular weight excluding hydrogens is 318 g/mol. The van der Waals surface area contributed by atoms with E-state index in [1.807, 2.05) is 6.07 Å². The summed E-state index contributed by atoms with van der Waals surface area (Å²) in [5, 5.41) is 2.47. The fraction of sp³-hybridized carbons (Fsp3) is 0.625. The molecule has 1 aliphatic rings. The van der Waals surface area contributed by atoms with Gasteiger partial charge in [0.2, 0.25) is 0 Å². The number of nitrogens with two attached hydrogens (primary N) is 1. The number of hydrogen-bond acceptors (Lipinski definition) is 2. The van der Waals surface area contributed by atoms with E-state index in [4.69, 9.17) is 9.47 Å². The van der Waals surface area contributed by atoms with Crippen LogP contribution in [0.5, 0.6) is 11.5 Å². The van der Waals surface area contributed by atoms with Crippen LogP contribution >= 0.6 is 15.9 Å². The van der Waals surface area contributed by atoms with Crippen LogP contribution in [-0.2, 0) is 6.54 Å². The van der Waals surface area contributed by atoms with E-state index in [9.17, 15) is 0 Å². The topological polar surface area (TPSA) is 35.1 Å². The van der Waals surface area contributed by atoms with Gasteiger partial charge in [0.05, 0.1) is 24.7 Å². The average molecular weight is 343 g/mol. The standard InChI is InChI=1S/C16H24BrNO2/c1-19-15-10-16(20-2)14(17)9-12(15)11-18-13-7-5-3-4-6-8-13/h9-10,13,18H,3-8,11H2,1-2H3/p+1. The number of benzene rings is 1. The van der Waals surface area contributed by atoms with Gasteiger partial charge in [-0.3, -0.25) is 0 Å². The molecule has 0 aliphatic heterocycles. The van der Waals surface area contributed by atoms with Crippen molar-refractivity contribution in [2.45, 2.75) is 51.1 Å². The Bertz CT molecular complexity index is 429. The first kappa shape index (κ1) is 15.6. The molecule has 3 nitrogen and oxygen atoms in total. The van der Waals surface area contributed by atoms with Gasteiger partial charge in [0, 0.05) is 11.6 Å². The van der Waals surface area contributed by atoms with Crippen molar-refractivity contribution in [3.63, 3.8) is 0 Å². The van der Waals surface area contributed by atoms with E-state index in [0.717, 1.165) is 28.6 Å². The van der Waals surface area contributed by atoms with Gasteiger partial charge in [0.1, 0.15) is 18.0 Å². The molecule has 1 fully saturated rings. The van der Waals surface area contributed by atoms with E-state index >= 15 is 0 Å². The number of quaternary nitrogens is 1. The molecule has 1 aromatic rings. The van der Waals surface area contributed by atoms with Crippen LogP contribution in [0.4, 0.5) is 0 Å². The minimum atomic E-state index is 0.767. The first-order chi connectivity index (χ1) is 9.74. The lowest BCUT2D eigenvalue weighted by molar-refractivity contribution is -0.705. The van der Waals surface area contributed by atoms with Gasteiger partial charge in [-0.1, -0.05) is 12.8 Å². The first-order valence-electron chi connectivity index (χ1n) is 7.48. The highest BCUT2D eigenvalue weighted by molar-refractivity contribution is 9.10. The fourth-order valence-electron chi connectivity index (χ4n) is 2.92. The second-order valence-corrected chi connectivity index (χ2v) is 6.34. The van der Waals surface area contributed by atoms with Crippen LogP contribution in [0.3, 0.4) is 0 Å². The number of ether oxygens (including phenoxy) is 2. The van der Waals surface area contributed by atoms with Gasteiger partial charge < -0.3 is 14.8 Å². The Hall–Kier alpha value is -0.740. The highest BCUT2D eigenvalue weighted by atomic mass is 79.9. The summed E-state index contributed by atoms with van der Waals surface area (Å²) in [5.74, 6) is 1.73. The van der Waals surface area contributed by atoms with Crippen molar-refractivity contribution in [2.24, 2.45) is 0 Å². The zero-order chi connectivity index (χ0) is 14.4. The van der Waals surface area contributed by atoms with E-state index in [1.54, 1.807) is 14.2 Å². The van der Waals surface area contributed by atoms with Crippen LogP contribution in [0.25, 0.3) is 0 Å². The molecule has 2 N–H and O–H groups in total. The lowest BCUT2D eigenvalue weighted by Crippen LogP contribution is -2.88. The maximum atomic E-state index is 5.49. The van der Waals surface area contributed by atoms with E-state index in [2.05, 4.69) is 27.3 Å². The molecule has 0 aromatic heterocycles.